The van der Waals surface area contributed by atoms with E-state index in [2.05, 4.69) is 30.7 Å². The molecule has 1 saturated heterocycles. The smallest absolute Gasteiger partial charge is 0.297 e. The van der Waals surface area contributed by atoms with Crippen molar-refractivity contribution >= 4 is 6.01 Å². The first-order valence-electron chi connectivity index (χ1n) is 6.81. The minimum absolute atomic E-state index is 0.0536. The molecule has 1 aliphatic rings. The Morgan fingerprint density at radius 2 is 2.17 bits per heavy atom. The third kappa shape index (κ3) is 3.05. The second kappa shape index (κ2) is 5.31. The van der Waals surface area contributed by atoms with Crippen LogP contribution < -0.4 is 4.90 Å². The summed E-state index contributed by atoms with van der Waals surface area (Å²) < 4.78 is 5.43. The van der Waals surface area contributed by atoms with Gasteiger partial charge in [-0.05, 0) is 30.6 Å². The van der Waals surface area contributed by atoms with Crippen molar-refractivity contribution in [3.63, 3.8) is 0 Å². The quantitative estimate of drug-likeness (QED) is 0.879. The topological polar surface area (TPSA) is 49.5 Å². The molecule has 102 valence electrons. The number of aromatic nitrogens is 1. The number of hydrogen-bond donors (Lipinski definition) is 1. The van der Waals surface area contributed by atoms with E-state index in [9.17, 15) is 0 Å². The van der Waals surface area contributed by atoms with Crippen molar-refractivity contribution in [2.24, 2.45) is 11.3 Å². The molecule has 2 heterocycles. The second-order valence-corrected chi connectivity index (χ2v) is 6.26. The first-order valence-corrected chi connectivity index (χ1v) is 6.81. The molecule has 4 nitrogen and oxygen atoms in total. The predicted octanol–water partition coefficient (Wildman–Crippen LogP) is 2.82. The van der Waals surface area contributed by atoms with Gasteiger partial charge in [0.15, 0.2) is 0 Å². The molecule has 0 spiro atoms. The number of rotatable bonds is 2. The molecule has 1 aromatic rings. The number of nitrogens with zero attached hydrogens (tertiary/aromatic N) is 2. The Hall–Kier alpha value is -1.03. The maximum Gasteiger partial charge on any atom is 0.297 e. The molecular formula is C14H24N2O2. The first kappa shape index (κ1) is 13.4. The summed E-state index contributed by atoms with van der Waals surface area (Å²) in [7, 11) is 0. The highest BCUT2D eigenvalue weighted by Gasteiger charge is 2.28. The lowest BCUT2D eigenvalue weighted by atomic mass is 9.77. The van der Waals surface area contributed by atoms with Gasteiger partial charge < -0.3 is 14.4 Å². The van der Waals surface area contributed by atoms with Crippen LogP contribution in [0.1, 0.15) is 45.7 Å². The molecule has 1 aliphatic heterocycles. The third-order valence-corrected chi connectivity index (χ3v) is 3.92. The number of hydrogen-bond acceptors (Lipinski definition) is 4. The standard InChI is InChI=1S/C14H24N2O2/c1-14(2,3)11-5-4-7-16(8-6-11)13-15-12(9-17)10-18-13/h10-11,17H,4-9H2,1-3H3. The summed E-state index contributed by atoms with van der Waals surface area (Å²) in [6.45, 7) is 8.90. The number of aliphatic hydroxyl groups is 1. The van der Waals surface area contributed by atoms with Gasteiger partial charge in [0.25, 0.3) is 6.01 Å². The molecule has 0 saturated carbocycles. The minimum atomic E-state index is -0.0536. The molecule has 1 atom stereocenters. The summed E-state index contributed by atoms with van der Waals surface area (Å²) in [5.41, 5.74) is 0.990. The largest absolute Gasteiger partial charge is 0.432 e. The third-order valence-electron chi connectivity index (χ3n) is 3.92. The van der Waals surface area contributed by atoms with Gasteiger partial charge in [-0.25, -0.2) is 0 Å². The van der Waals surface area contributed by atoms with Gasteiger partial charge in [-0.15, -0.1) is 0 Å². The van der Waals surface area contributed by atoms with Crippen LogP contribution in [0.15, 0.2) is 10.7 Å². The van der Waals surface area contributed by atoms with E-state index in [1.807, 2.05) is 0 Å². The normalized spacial score (nSPS) is 22.0. The summed E-state index contributed by atoms with van der Waals surface area (Å²) in [5, 5.41) is 9.01. The van der Waals surface area contributed by atoms with Crippen molar-refractivity contribution in [2.75, 3.05) is 18.0 Å². The molecule has 0 bridgehead atoms. The highest BCUT2D eigenvalue weighted by molar-refractivity contribution is 5.27. The van der Waals surface area contributed by atoms with Crippen LogP contribution in [0.4, 0.5) is 6.01 Å². The van der Waals surface area contributed by atoms with Crippen LogP contribution in [0.25, 0.3) is 0 Å². The first-order chi connectivity index (χ1) is 8.50. The molecule has 0 aliphatic carbocycles. The summed E-state index contributed by atoms with van der Waals surface area (Å²) in [6, 6.07) is 0.661. The molecule has 0 aromatic carbocycles. The Kier molecular flexibility index (Phi) is 3.95. The van der Waals surface area contributed by atoms with E-state index in [1.54, 1.807) is 6.26 Å². The average molecular weight is 252 g/mol. The molecule has 1 unspecified atom stereocenters. The Labute approximate surface area is 109 Å². The van der Waals surface area contributed by atoms with E-state index in [0.29, 0.717) is 17.1 Å². The molecule has 1 N–H and O–H groups in total. The van der Waals surface area contributed by atoms with Crippen LogP contribution >= 0.6 is 0 Å². The fourth-order valence-electron chi connectivity index (χ4n) is 2.67. The Balaban J connectivity index is 2.00. The molecule has 0 amide bonds. The molecule has 1 aromatic heterocycles. The summed E-state index contributed by atoms with van der Waals surface area (Å²) >= 11 is 0. The van der Waals surface area contributed by atoms with Gasteiger partial charge >= 0.3 is 0 Å². The summed E-state index contributed by atoms with van der Waals surface area (Å²) in [4.78, 5) is 6.49. The summed E-state index contributed by atoms with van der Waals surface area (Å²) in [6.07, 6.45) is 5.17. The Morgan fingerprint density at radius 3 is 2.78 bits per heavy atom. The zero-order valence-corrected chi connectivity index (χ0v) is 11.6. The van der Waals surface area contributed by atoms with Gasteiger partial charge in [0.05, 0.1) is 6.61 Å². The lowest BCUT2D eigenvalue weighted by Crippen LogP contribution is -2.26. The van der Waals surface area contributed by atoms with Crippen molar-refractivity contribution < 1.29 is 9.52 Å². The minimum Gasteiger partial charge on any atom is -0.432 e. The fourth-order valence-corrected chi connectivity index (χ4v) is 2.67. The van der Waals surface area contributed by atoms with E-state index in [1.165, 1.54) is 19.3 Å². The van der Waals surface area contributed by atoms with Crippen LogP contribution in [0.3, 0.4) is 0 Å². The van der Waals surface area contributed by atoms with Gasteiger partial charge in [-0.2, -0.15) is 4.98 Å². The second-order valence-electron chi connectivity index (χ2n) is 6.26. The van der Waals surface area contributed by atoms with E-state index in [-0.39, 0.29) is 6.61 Å². The maximum absolute atomic E-state index is 9.01. The number of anilines is 1. The molecular weight excluding hydrogens is 228 g/mol. The molecule has 2 rings (SSSR count). The highest BCUT2D eigenvalue weighted by atomic mass is 16.4. The lowest BCUT2D eigenvalue weighted by Gasteiger charge is -2.29. The van der Waals surface area contributed by atoms with Crippen molar-refractivity contribution in [1.29, 1.82) is 0 Å². The lowest BCUT2D eigenvalue weighted by molar-refractivity contribution is 0.220. The van der Waals surface area contributed by atoms with E-state index in [0.717, 1.165) is 19.0 Å². The number of aliphatic hydroxyl groups excluding tert-OH is 1. The molecule has 0 radical (unpaired) electrons. The molecule has 1 fully saturated rings. The monoisotopic (exact) mass is 252 g/mol. The van der Waals surface area contributed by atoms with Crippen LogP contribution in [-0.2, 0) is 6.61 Å². The zero-order chi connectivity index (χ0) is 13.2. The van der Waals surface area contributed by atoms with Crippen molar-refractivity contribution in [2.45, 2.75) is 46.6 Å². The highest BCUT2D eigenvalue weighted by Crippen LogP contribution is 2.35. The van der Waals surface area contributed by atoms with Gasteiger partial charge in [0, 0.05) is 13.1 Å². The van der Waals surface area contributed by atoms with Crippen LogP contribution in [-0.4, -0.2) is 23.2 Å². The van der Waals surface area contributed by atoms with Gasteiger partial charge in [-0.1, -0.05) is 20.8 Å². The van der Waals surface area contributed by atoms with E-state index in [4.69, 9.17) is 9.52 Å². The van der Waals surface area contributed by atoms with Crippen LogP contribution in [0.2, 0.25) is 0 Å². The zero-order valence-electron chi connectivity index (χ0n) is 11.6. The Bertz CT molecular complexity index is 381. The van der Waals surface area contributed by atoms with Crippen molar-refractivity contribution in [3.05, 3.63) is 12.0 Å². The van der Waals surface area contributed by atoms with Gasteiger partial charge in [-0.3, -0.25) is 0 Å². The number of oxazole rings is 1. The maximum atomic E-state index is 9.01. The van der Waals surface area contributed by atoms with Gasteiger partial charge in [0.2, 0.25) is 0 Å². The summed E-state index contributed by atoms with van der Waals surface area (Å²) in [5.74, 6) is 0.759. The van der Waals surface area contributed by atoms with E-state index < -0.39 is 0 Å². The van der Waals surface area contributed by atoms with Crippen LogP contribution in [0.5, 0.6) is 0 Å². The fraction of sp³-hybridized carbons (Fsp3) is 0.786. The molecule has 4 heteroatoms. The molecule has 18 heavy (non-hydrogen) atoms. The predicted molar refractivity (Wildman–Crippen MR) is 71.4 cm³/mol. The SMILES string of the molecule is CC(C)(C)C1CCCN(c2nc(CO)co2)CC1. The van der Waals surface area contributed by atoms with E-state index >= 15 is 0 Å². The Morgan fingerprint density at radius 1 is 1.39 bits per heavy atom. The van der Waals surface area contributed by atoms with Crippen molar-refractivity contribution in [3.8, 4) is 0 Å². The van der Waals surface area contributed by atoms with Gasteiger partial charge in [0.1, 0.15) is 12.0 Å². The average Bonchev–Trinajstić information content (AvgIpc) is 2.64. The van der Waals surface area contributed by atoms with Crippen molar-refractivity contribution in [1.82, 2.24) is 4.98 Å². The van der Waals surface area contributed by atoms with Crippen LogP contribution in [0, 0.1) is 11.3 Å².